The smallest absolute Gasteiger partial charge is 0.403 e. The van der Waals surface area contributed by atoms with Gasteiger partial charge in [-0.2, -0.15) is 0 Å². The molecule has 0 saturated carbocycles. The third-order valence-corrected chi connectivity index (χ3v) is 3.95. The lowest BCUT2D eigenvalue weighted by molar-refractivity contribution is 0.0555. The minimum absolute atomic E-state index is 0.0757. The number of anilines is 1. The number of carbonyl (C=O) groups excluding carboxylic acids is 2. The minimum atomic E-state index is -1.16. The summed E-state index contributed by atoms with van der Waals surface area (Å²) >= 11 is 5.86. The third kappa shape index (κ3) is 3.30. The molecule has 0 radical (unpaired) electrons. The topological polar surface area (TPSA) is 94.5 Å². The van der Waals surface area contributed by atoms with Crippen LogP contribution in [0, 0.1) is 0 Å². The summed E-state index contributed by atoms with van der Waals surface area (Å²) in [6.07, 6.45) is 2.02. The zero-order chi connectivity index (χ0) is 18.8. The predicted octanol–water partition coefficient (Wildman–Crippen LogP) is 3.40. The molecule has 1 atom stereocenters. The normalized spacial score (nSPS) is 15.4. The maximum atomic E-state index is 12.8. The Bertz CT molecular complexity index is 998. The lowest BCUT2D eigenvalue weighted by atomic mass is 10.3. The summed E-state index contributed by atoms with van der Waals surface area (Å²) in [5.41, 5.74) is 0.274. The molecule has 0 unspecified atom stereocenters. The number of fused-ring (bicyclic) bond motifs is 1. The molecule has 134 valence electrons. The van der Waals surface area contributed by atoms with Gasteiger partial charge >= 0.3 is 6.16 Å². The van der Waals surface area contributed by atoms with Crippen LogP contribution in [0.3, 0.4) is 0 Å². The third-order valence-electron chi connectivity index (χ3n) is 3.73. The average molecular weight is 383 g/mol. The fourth-order valence-corrected chi connectivity index (χ4v) is 2.69. The summed E-state index contributed by atoms with van der Waals surface area (Å²) in [6.45, 7) is 0. The van der Waals surface area contributed by atoms with Crippen LogP contribution in [-0.4, -0.2) is 27.0 Å². The molecule has 1 aliphatic heterocycles. The van der Waals surface area contributed by atoms with Crippen molar-refractivity contribution in [2.45, 2.75) is 6.23 Å². The van der Waals surface area contributed by atoms with E-state index in [0.717, 1.165) is 0 Å². The standard InChI is InChI=1S/C18H11ClN4O4/c19-11-6-7-13(22-10-11)23-16(24)14-15(21-9-8-20-14)17(23)27-18(25)26-12-4-2-1-3-5-12/h1-10,17H/t17-/m0/s1. The molecule has 0 bridgehead atoms. The molecule has 0 spiro atoms. The number of ether oxygens (including phenoxy) is 2. The number of pyridine rings is 1. The van der Waals surface area contributed by atoms with Gasteiger partial charge in [0.2, 0.25) is 6.23 Å². The molecule has 9 heteroatoms. The zero-order valence-electron chi connectivity index (χ0n) is 13.7. The van der Waals surface area contributed by atoms with Crippen LogP contribution in [0.4, 0.5) is 10.6 Å². The van der Waals surface area contributed by atoms with E-state index < -0.39 is 18.3 Å². The molecule has 1 amide bonds. The van der Waals surface area contributed by atoms with Crippen molar-refractivity contribution >= 4 is 29.5 Å². The van der Waals surface area contributed by atoms with Gasteiger partial charge in [0.05, 0.1) is 5.02 Å². The number of hydrogen-bond donors (Lipinski definition) is 0. The van der Waals surface area contributed by atoms with Crippen molar-refractivity contribution in [2.75, 3.05) is 4.90 Å². The van der Waals surface area contributed by atoms with Gasteiger partial charge in [-0.25, -0.2) is 19.7 Å². The number of para-hydroxylation sites is 1. The Morgan fingerprint density at radius 2 is 1.81 bits per heavy atom. The summed E-state index contributed by atoms with van der Waals surface area (Å²) in [6, 6.07) is 11.5. The quantitative estimate of drug-likeness (QED) is 0.506. The molecule has 3 heterocycles. The van der Waals surface area contributed by atoms with Gasteiger partial charge in [-0.1, -0.05) is 29.8 Å². The zero-order valence-corrected chi connectivity index (χ0v) is 14.4. The van der Waals surface area contributed by atoms with E-state index in [-0.39, 0.29) is 17.2 Å². The summed E-state index contributed by atoms with van der Waals surface area (Å²) in [5.74, 6) is 0.0505. The van der Waals surface area contributed by atoms with Crippen LogP contribution in [0.25, 0.3) is 0 Å². The number of halogens is 1. The Labute approximate surface area is 158 Å². The van der Waals surface area contributed by atoms with Gasteiger partial charge in [0.1, 0.15) is 17.3 Å². The molecule has 0 aliphatic carbocycles. The molecule has 3 aromatic rings. The first-order valence-corrected chi connectivity index (χ1v) is 8.21. The molecule has 0 N–H and O–H groups in total. The summed E-state index contributed by atoms with van der Waals surface area (Å²) in [5, 5.41) is 0.403. The molecule has 2 aromatic heterocycles. The first-order chi connectivity index (χ1) is 13.1. The fraction of sp³-hybridized carbons (Fsp3) is 0.0556. The largest absolute Gasteiger partial charge is 0.516 e. The van der Waals surface area contributed by atoms with Crippen LogP contribution in [0.2, 0.25) is 5.02 Å². The monoisotopic (exact) mass is 382 g/mol. The van der Waals surface area contributed by atoms with Crippen molar-refractivity contribution < 1.29 is 19.1 Å². The highest BCUT2D eigenvalue weighted by Gasteiger charge is 2.44. The van der Waals surface area contributed by atoms with E-state index in [0.29, 0.717) is 10.8 Å². The average Bonchev–Trinajstić information content (AvgIpc) is 2.96. The lowest BCUT2D eigenvalue weighted by Crippen LogP contribution is -2.32. The van der Waals surface area contributed by atoms with Gasteiger partial charge in [-0.05, 0) is 24.3 Å². The lowest BCUT2D eigenvalue weighted by Gasteiger charge is -2.22. The van der Waals surface area contributed by atoms with Gasteiger partial charge in [-0.3, -0.25) is 9.78 Å². The van der Waals surface area contributed by atoms with E-state index in [4.69, 9.17) is 21.1 Å². The second-order valence-electron chi connectivity index (χ2n) is 5.44. The maximum Gasteiger partial charge on any atom is 0.516 e. The summed E-state index contributed by atoms with van der Waals surface area (Å²) in [4.78, 5) is 38.5. The van der Waals surface area contributed by atoms with Crippen LogP contribution >= 0.6 is 11.6 Å². The van der Waals surface area contributed by atoms with Gasteiger partial charge < -0.3 is 9.47 Å². The second kappa shape index (κ2) is 7.00. The van der Waals surface area contributed by atoms with Crippen molar-refractivity contribution in [3.8, 4) is 5.75 Å². The Kier molecular flexibility index (Phi) is 4.39. The number of rotatable bonds is 3. The van der Waals surface area contributed by atoms with E-state index in [1.165, 1.54) is 29.6 Å². The van der Waals surface area contributed by atoms with E-state index in [9.17, 15) is 9.59 Å². The van der Waals surface area contributed by atoms with Gasteiger partial charge in [0, 0.05) is 18.6 Å². The van der Waals surface area contributed by atoms with Crippen LogP contribution < -0.4 is 9.64 Å². The first-order valence-electron chi connectivity index (χ1n) is 7.83. The Balaban J connectivity index is 1.65. The van der Waals surface area contributed by atoms with Crippen LogP contribution in [0.1, 0.15) is 22.4 Å². The molecule has 1 aliphatic rings. The molecule has 27 heavy (non-hydrogen) atoms. The number of aromatic nitrogens is 3. The van der Waals surface area contributed by atoms with Gasteiger partial charge in [0.25, 0.3) is 5.91 Å². The highest BCUT2D eigenvalue weighted by atomic mass is 35.5. The SMILES string of the molecule is O=C(Oc1ccccc1)O[C@H]1c2nccnc2C(=O)N1c1ccc(Cl)cn1. The van der Waals surface area contributed by atoms with E-state index in [1.54, 1.807) is 36.4 Å². The van der Waals surface area contributed by atoms with Crippen molar-refractivity contribution in [3.05, 3.63) is 77.5 Å². The molecule has 8 nitrogen and oxygen atoms in total. The number of amides is 1. The van der Waals surface area contributed by atoms with E-state index in [2.05, 4.69) is 15.0 Å². The predicted molar refractivity (Wildman–Crippen MR) is 94.4 cm³/mol. The maximum absolute atomic E-state index is 12.8. The van der Waals surface area contributed by atoms with Gasteiger partial charge in [-0.15, -0.1) is 0 Å². The Hall–Kier alpha value is -3.52. The molecule has 0 saturated heterocycles. The Morgan fingerprint density at radius 1 is 1.04 bits per heavy atom. The first kappa shape index (κ1) is 16.9. The summed E-state index contributed by atoms with van der Waals surface area (Å²) in [7, 11) is 0. The van der Waals surface area contributed by atoms with Gasteiger partial charge in [0.15, 0.2) is 5.69 Å². The molecule has 1 aromatic carbocycles. The minimum Gasteiger partial charge on any atom is -0.403 e. The van der Waals surface area contributed by atoms with Crippen molar-refractivity contribution in [2.24, 2.45) is 0 Å². The highest BCUT2D eigenvalue weighted by Crippen LogP contribution is 2.35. The Morgan fingerprint density at radius 3 is 2.56 bits per heavy atom. The van der Waals surface area contributed by atoms with Crippen LogP contribution in [-0.2, 0) is 4.74 Å². The van der Waals surface area contributed by atoms with Crippen molar-refractivity contribution in [1.29, 1.82) is 0 Å². The summed E-state index contributed by atoms with van der Waals surface area (Å²) < 4.78 is 10.5. The van der Waals surface area contributed by atoms with E-state index >= 15 is 0 Å². The van der Waals surface area contributed by atoms with Crippen molar-refractivity contribution in [1.82, 2.24) is 15.0 Å². The molecular formula is C18H11ClN4O4. The fourth-order valence-electron chi connectivity index (χ4n) is 2.58. The number of benzene rings is 1. The van der Waals surface area contributed by atoms with Crippen molar-refractivity contribution in [3.63, 3.8) is 0 Å². The molecular weight excluding hydrogens is 372 g/mol. The van der Waals surface area contributed by atoms with Crippen LogP contribution in [0.15, 0.2) is 61.1 Å². The second-order valence-corrected chi connectivity index (χ2v) is 5.87. The van der Waals surface area contributed by atoms with Crippen LogP contribution in [0.5, 0.6) is 5.75 Å². The number of hydrogen-bond acceptors (Lipinski definition) is 7. The van der Waals surface area contributed by atoms with E-state index in [1.807, 2.05) is 0 Å². The number of carbonyl (C=O) groups is 2. The number of nitrogens with zero attached hydrogens (tertiary/aromatic N) is 4. The molecule has 0 fully saturated rings. The highest BCUT2D eigenvalue weighted by molar-refractivity contribution is 6.30. The molecule has 4 rings (SSSR count).